The molecule has 7 heteroatoms. The van der Waals surface area contributed by atoms with Crippen molar-refractivity contribution in [2.45, 2.75) is 10.2 Å². The average Bonchev–Trinajstić information content (AvgIpc) is 2.56. The molecule has 0 aliphatic rings. The summed E-state index contributed by atoms with van der Waals surface area (Å²) < 4.78 is 1.59. The van der Waals surface area contributed by atoms with Crippen LogP contribution in [0.5, 0.6) is 0 Å². The van der Waals surface area contributed by atoms with Crippen molar-refractivity contribution in [3.63, 3.8) is 0 Å². The monoisotopic (exact) mass is 208 g/mol. The minimum absolute atomic E-state index is 0.644. The fourth-order valence-corrected chi connectivity index (χ4v) is 1.53. The maximum Gasteiger partial charge on any atom is 0.215 e. The summed E-state index contributed by atoms with van der Waals surface area (Å²) in [6, 6.07) is 3.62. The zero-order chi connectivity index (χ0) is 9.97. The maximum atomic E-state index is 5.51. The molecule has 0 saturated heterocycles. The van der Waals surface area contributed by atoms with E-state index in [-0.39, 0.29) is 0 Å². The van der Waals surface area contributed by atoms with Gasteiger partial charge in [0.2, 0.25) is 5.16 Å². The van der Waals surface area contributed by atoms with Crippen LogP contribution in [0, 0.1) is 0 Å². The Labute approximate surface area is 84.5 Å². The normalized spacial score (nSPS) is 10.4. The first kappa shape index (κ1) is 8.95. The summed E-state index contributed by atoms with van der Waals surface area (Å²) in [4.78, 5) is 4.12. The molecule has 0 atom stereocenters. The van der Waals surface area contributed by atoms with Crippen LogP contribution in [0.15, 0.2) is 28.5 Å². The van der Waals surface area contributed by atoms with Crippen molar-refractivity contribution < 1.29 is 0 Å². The molecule has 2 N–H and O–H groups in total. The summed E-state index contributed by atoms with van der Waals surface area (Å²) in [5, 5.41) is 12.6. The number of nitrogens with zero attached hydrogens (tertiary/aromatic N) is 5. The van der Waals surface area contributed by atoms with Crippen LogP contribution < -0.4 is 5.73 Å². The first-order valence-corrected chi connectivity index (χ1v) is 4.69. The molecule has 0 saturated carbocycles. The Balaban J connectivity index is 2.19. The van der Waals surface area contributed by atoms with Gasteiger partial charge in [-0.15, -0.1) is 5.10 Å². The van der Waals surface area contributed by atoms with Crippen molar-refractivity contribution in [1.29, 1.82) is 0 Å². The molecule has 0 aromatic carbocycles. The van der Waals surface area contributed by atoms with Crippen LogP contribution in [0.25, 0.3) is 0 Å². The topological polar surface area (TPSA) is 82.5 Å². The molecule has 72 valence electrons. The van der Waals surface area contributed by atoms with Gasteiger partial charge in [-0.3, -0.25) is 0 Å². The number of aromatic nitrogens is 5. The lowest BCUT2D eigenvalue weighted by molar-refractivity contribution is 0.664. The van der Waals surface area contributed by atoms with E-state index in [0.29, 0.717) is 10.8 Å². The zero-order valence-corrected chi connectivity index (χ0v) is 8.27. The lowest BCUT2D eigenvalue weighted by atomic mass is 10.4. The van der Waals surface area contributed by atoms with Gasteiger partial charge in [0.25, 0.3) is 0 Å². The van der Waals surface area contributed by atoms with Crippen LogP contribution in [-0.4, -0.2) is 25.2 Å². The van der Waals surface area contributed by atoms with E-state index in [1.54, 1.807) is 24.0 Å². The molecule has 2 aromatic rings. The van der Waals surface area contributed by atoms with Gasteiger partial charge in [-0.25, -0.2) is 9.67 Å². The number of rotatable bonds is 2. The third-order valence-electron chi connectivity index (χ3n) is 1.54. The highest BCUT2D eigenvalue weighted by atomic mass is 32.2. The minimum atomic E-state index is 0.644. The van der Waals surface area contributed by atoms with Gasteiger partial charge in [0.15, 0.2) is 0 Å². The van der Waals surface area contributed by atoms with Gasteiger partial charge >= 0.3 is 0 Å². The highest BCUT2D eigenvalue weighted by Crippen LogP contribution is 2.22. The van der Waals surface area contributed by atoms with Crippen LogP contribution in [-0.2, 0) is 7.05 Å². The predicted octanol–water partition coefficient (Wildman–Crippen LogP) is 0.338. The molecule has 0 aliphatic heterocycles. The number of nitrogen functional groups attached to an aromatic ring is 1. The standard InChI is InChI=1S/C7H8N6S/c1-13-7(10-11-12-13)14-6-3-2-5(8)4-9-6/h2-4H,8H2,1H3. The van der Waals surface area contributed by atoms with E-state index >= 15 is 0 Å². The second-order valence-corrected chi connectivity index (χ2v) is 3.60. The number of tetrazole rings is 1. The Morgan fingerprint density at radius 1 is 1.43 bits per heavy atom. The van der Waals surface area contributed by atoms with Crippen LogP contribution in [0.3, 0.4) is 0 Å². The number of hydrogen-bond donors (Lipinski definition) is 1. The molecule has 0 radical (unpaired) electrons. The van der Waals surface area contributed by atoms with E-state index in [2.05, 4.69) is 20.5 Å². The molecule has 2 rings (SSSR count). The van der Waals surface area contributed by atoms with Crippen molar-refractivity contribution in [2.24, 2.45) is 7.05 Å². The molecular weight excluding hydrogens is 200 g/mol. The molecule has 0 bridgehead atoms. The summed E-state index contributed by atoms with van der Waals surface area (Å²) in [6.45, 7) is 0. The van der Waals surface area contributed by atoms with E-state index < -0.39 is 0 Å². The van der Waals surface area contributed by atoms with Crippen LogP contribution in [0.1, 0.15) is 0 Å². The van der Waals surface area contributed by atoms with Gasteiger partial charge in [-0.1, -0.05) is 0 Å². The molecule has 2 aromatic heterocycles. The van der Waals surface area contributed by atoms with Crippen molar-refractivity contribution >= 4 is 17.4 Å². The number of pyridine rings is 1. The van der Waals surface area contributed by atoms with E-state index in [0.717, 1.165) is 5.03 Å². The minimum Gasteiger partial charge on any atom is -0.397 e. The largest absolute Gasteiger partial charge is 0.397 e. The van der Waals surface area contributed by atoms with E-state index in [1.165, 1.54) is 11.8 Å². The molecule has 0 spiro atoms. The summed E-state index contributed by atoms with van der Waals surface area (Å²) in [6.07, 6.45) is 1.60. The van der Waals surface area contributed by atoms with Crippen molar-refractivity contribution in [1.82, 2.24) is 25.2 Å². The molecule has 2 heterocycles. The summed E-state index contributed by atoms with van der Waals surface area (Å²) >= 11 is 1.39. The number of anilines is 1. The van der Waals surface area contributed by atoms with Crippen molar-refractivity contribution in [3.8, 4) is 0 Å². The molecule has 0 fully saturated rings. The summed E-state index contributed by atoms with van der Waals surface area (Å²) in [5.41, 5.74) is 6.16. The van der Waals surface area contributed by atoms with E-state index in [4.69, 9.17) is 5.73 Å². The van der Waals surface area contributed by atoms with Gasteiger partial charge in [0, 0.05) is 7.05 Å². The van der Waals surface area contributed by atoms with Gasteiger partial charge in [0.1, 0.15) is 5.03 Å². The smallest absolute Gasteiger partial charge is 0.215 e. The lowest BCUT2D eigenvalue weighted by Crippen LogP contribution is -1.93. The zero-order valence-electron chi connectivity index (χ0n) is 7.45. The first-order valence-electron chi connectivity index (χ1n) is 3.87. The Morgan fingerprint density at radius 2 is 2.29 bits per heavy atom. The number of nitrogens with two attached hydrogens (primary N) is 1. The number of hydrogen-bond acceptors (Lipinski definition) is 6. The second-order valence-electron chi connectivity index (χ2n) is 2.62. The molecule has 14 heavy (non-hydrogen) atoms. The third kappa shape index (κ3) is 1.82. The van der Waals surface area contributed by atoms with Crippen molar-refractivity contribution in [2.75, 3.05) is 5.73 Å². The molecule has 0 unspecified atom stereocenters. The van der Waals surface area contributed by atoms with Crippen LogP contribution in [0.4, 0.5) is 5.69 Å². The van der Waals surface area contributed by atoms with E-state index in [1.807, 2.05) is 6.07 Å². The maximum absolute atomic E-state index is 5.51. The predicted molar refractivity (Wildman–Crippen MR) is 51.6 cm³/mol. The highest BCUT2D eigenvalue weighted by Gasteiger charge is 2.04. The summed E-state index contributed by atoms with van der Waals surface area (Å²) in [7, 11) is 1.78. The molecule has 0 aliphatic carbocycles. The molecule has 6 nitrogen and oxygen atoms in total. The van der Waals surface area contributed by atoms with Crippen LogP contribution in [0.2, 0.25) is 0 Å². The number of aryl methyl sites for hydroxylation is 1. The Kier molecular flexibility index (Phi) is 2.32. The Bertz CT molecular complexity index is 422. The average molecular weight is 208 g/mol. The van der Waals surface area contributed by atoms with Crippen molar-refractivity contribution in [3.05, 3.63) is 18.3 Å². The van der Waals surface area contributed by atoms with Gasteiger partial charge < -0.3 is 5.73 Å². The fourth-order valence-electron chi connectivity index (χ4n) is 0.853. The highest BCUT2D eigenvalue weighted by molar-refractivity contribution is 7.99. The van der Waals surface area contributed by atoms with Gasteiger partial charge in [0.05, 0.1) is 11.9 Å². The van der Waals surface area contributed by atoms with E-state index in [9.17, 15) is 0 Å². The quantitative estimate of drug-likeness (QED) is 0.766. The Morgan fingerprint density at radius 3 is 2.86 bits per heavy atom. The Hall–Kier alpha value is -1.63. The summed E-state index contributed by atoms with van der Waals surface area (Å²) in [5.74, 6) is 0. The van der Waals surface area contributed by atoms with Gasteiger partial charge in [-0.2, -0.15) is 0 Å². The van der Waals surface area contributed by atoms with Gasteiger partial charge in [-0.05, 0) is 34.3 Å². The lowest BCUT2D eigenvalue weighted by Gasteiger charge is -1.98. The SMILES string of the molecule is Cn1nnnc1Sc1ccc(N)cn1. The third-order valence-corrected chi connectivity index (χ3v) is 2.52. The molecule has 0 amide bonds. The fraction of sp³-hybridized carbons (Fsp3) is 0.143. The van der Waals surface area contributed by atoms with Crippen LogP contribution >= 0.6 is 11.8 Å². The first-order chi connectivity index (χ1) is 6.75. The second kappa shape index (κ2) is 3.62. The molecular formula is C7H8N6S.